The molecule has 5 amide bonds. The number of rotatable bonds is 8. The fourth-order valence-electron chi connectivity index (χ4n) is 8.06. The number of aliphatic carboxylic acids is 1. The van der Waals surface area contributed by atoms with E-state index in [2.05, 4.69) is 26.6 Å². The number of nitrogens with one attached hydrogen (secondary N) is 5. The van der Waals surface area contributed by atoms with Crippen LogP contribution in [0.1, 0.15) is 47.3 Å². The Morgan fingerprint density at radius 2 is 1.07 bits per heavy atom. The minimum Gasteiger partial charge on any atom is -0.480 e. The molecule has 0 saturated heterocycles. The molecule has 12 nitrogen and oxygen atoms in total. The van der Waals surface area contributed by atoms with Gasteiger partial charge in [-0.25, -0.2) is 4.79 Å². The van der Waals surface area contributed by atoms with Gasteiger partial charge in [0.1, 0.15) is 24.2 Å². The molecule has 61 heavy (non-hydrogen) atoms. The van der Waals surface area contributed by atoms with E-state index in [0.29, 0.717) is 24.1 Å². The molecule has 1 fully saturated rings. The highest BCUT2D eigenvalue weighted by molar-refractivity contribution is 7.09. The molecule has 1 aromatic heterocycles. The Morgan fingerprint density at radius 3 is 1.66 bits per heavy atom. The summed E-state index contributed by atoms with van der Waals surface area (Å²) in [5, 5.41) is 26.4. The van der Waals surface area contributed by atoms with Gasteiger partial charge in [0.15, 0.2) is 0 Å². The summed E-state index contributed by atoms with van der Waals surface area (Å²) in [5.41, 5.74) is 4.47. The lowest BCUT2D eigenvalue weighted by molar-refractivity contribution is -0.142. The number of fused-ring (bicyclic) bond motifs is 15. The van der Waals surface area contributed by atoms with Gasteiger partial charge in [0.25, 0.3) is 0 Å². The van der Waals surface area contributed by atoms with Crippen molar-refractivity contribution in [3.05, 3.63) is 148 Å². The van der Waals surface area contributed by atoms with Crippen LogP contribution in [0.25, 0.3) is 11.1 Å². The largest absolute Gasteiger partial charge is 0.480 e. The number of carboxylic acids is 1. The molecule has 1 saturated carbocycles. The first-order valence-corrected chi connectivity index (χ1v) is 21.5. The summed E-state index contributed by atoms with van der Waals surface area (Å²) in [7, 11) is 0. The second kappa shape index (κ2) is 20.1. The molecule has 2 aliphatic heterocycles. The minimum atomic E-state index is -1.35. The van der Waals surface area contributed by atoms with Crippen LogP contribution in [0.3, 0.4) is 0 Å². The van der Waals surface area contributed by atoms with E-state index in [0.717, 1.165) is 40.0 Å². The standard InChI is InChI=1S/C48H49N5O7S/c54-43-37-15-7-8-16-38(37)44(55)50-41(29-36-14-9-25-61-36)47(58)52-40(27-31-17-21-34(22-18-31)33-12-5-2-6-13-33)45(56)51-39(26-30-10-3-1-4-11-30)46(57)53-42(48(59)60)28-32-19-23-35(49-43)24-20-32/h1-6,9-14,17-25,37-42H,7-8,15-16,26-29H2,(H,49,54)(H,50,55)(H,51,56)(H,52,58)(H,53,57)(H,59,60)/t37-,38-,39-,40+,41-,42+/m1/s1. The normalized spacial score (nSPS) is 22.9. The van der Waals surface area contributed by atoms with Gasteiger partial charge in [-0.05, 0) is 64.2 Å². The van der Waals surface area contributed by atoms with E-state index in [9.17, 15) is 33.9 Å². The van der Waals surface area contributed by atoms with Crippen LogP contribution in [0.5, 0.6) is 0 Å². The number of anilines is 1. The third kappa shape index (κ3) is 11.4. The van der Waals surface area contributed by atoms with Gasteiger partial charge >= 0.3 is 5.97 Å². The summed E-state index contributed by atoms with van der Waals surface area (Å²) >= 11 is 1.43. The lowest BCUT2D eigenvalue weighted by Gasteiger charge is -2.31. The summed E-state index contributed by atoms with van der Waals surface area (Å²) in [6.07, 6.45) is 2.58. The predicted octanol–water partition coefficient (Wildman–Crippen LogP) is 5.47. The van der Waals surface area contributed by atoms with Crippen LogP contribution >= 0.6 is 11.3 Å². The van der Waals surface area contributed by atoms with E-state index in [1.165, 1.54) is 11.3 Å². The summed E-state index contributed by atoms with van der Waals surface area (Å²) in [5.74, 6) is -5.37. The number of carboxylic acid groups (broad SMARTS) is 1. The van der Waals surface area contributed by atoms with Gasteiger partial charge in [-0.2, -0.15) is 0 Å². The smallest absolute Gasteiger partial charge is 0.326 e. The Balaban J connectivity index is 1.25. The van der Waals surface area contributed by atoms with Gasteiger partial charge in [-0.1, -0.05) is 116 Å². The molecular weight excluding hydrogens is 791 g/mol. The van der Waals surface area contributed by atoms with E-state index in [4.69, 9.17) is 0 Å². The molecule has 8 rings (SSSR count). The average Bonchev–Trinajstić information content (AvgIpc) is 3.80. The maximum Gasteiger partial charge on any atom is 0.326 e. The topological polar surface area (TPSA) is 183 Å². The molecule has 2 bridgehead atoms. The van der Waals surface area contributed by atoms with Crippen LogP contribution in [0, 0.1) is 11.8 Å². The van der Waals surface area contributed by atoms with Crippen molar-refractivity contribution in [3.63, 3.8) is 0 Å². The zero-order valence-electron chi connectivity index (χ0n) is 33.6. The molecule has 4 aromatic carbocycles. The van der Waals surface area contributed by atoms with Crippen LogP contribution < -0.4 is 26.6 Å². The number of carbonyl (C=O) groups is 6. The highest BCUT2D eigenvalue weighted by Gasteiger charge is 2.38. The van der Waals surface area contributed by atoms with E-state index in [-0.39, 0.29) is 31.6 Å². The van der Waals surface area contributed by atoms with Crippen molar-refractivity contribution < 1.29 is 33.9 Å². The van der Waals surface area contributed by atoms with Gasteiger partial charge in [-0.15, -0.1) is 11.3 Å². The Bertz CT molecular complexity index is 2300. The summed E-state index contributed by atoms with van der Waals surface area (Å²) in [6.45, 7) is 0. The third-order valence-electron chi connectivity index (χ3n) is 11.4. The first-order valence-electron chi connectivity index (χ1n) is 20.6. The summed E-state index contributed by atoms with van der Waals surface area (Å²) in [4.78, 5) is 84.5. The maximum atomic E-state index is 14.6. The van der Waals surface area contributed by atoms with Crippen molar-refractivity contribution in [1.29, 1.82) is 0 Å². The molecule has 0 spiro atoms. The van der Waals surface area contributed by atoms with E-state index < -0.39 is 65.6 Å². The van der Waals surface area contributed by atoms with Crippen molar-refractivity contribution in [2.24, 2.45) is 11.8 Å². The number of benzene rings is 4. The molecule has 3 heterocycles. The van der Waals surface area contributed by atoms with Crippen LogP contribution in [0.4, 0.5) is 5.69 Å². The molecule has 314 valence electrons. The Hall–Kier alpha value is -6.60. The van der Waals surface area contributed by atoms with Crippen molar-refractivity contribution in [2.45, 2.75) is 75.5 Å². The predicted molar refractivity (Wildman–Crippen MR) is 233 cm³/mol. The Kier molecular flexibility index (Phi) is 14.0. The van der Waals surface area contributed by atoms with Crippen molar-refractivity contribution in [1.82, 2.24) is 21.3 Å². The molecule has 5 aromatic rings. The second-order valence-corrected chi connectivity index (χ2v) is 16.7. The highest BCUT2D eigenvalue weighted by atomic mass is 32.1. The third-order valence-corrected chi connectivity index (χ3v) is 12.3. The monoisotopic (exact) mass is 839 g/mol. The maximum absolute atomic E-state index is 14.6. The number of hydrogen-bond donors (Lipinski definition) is 6. The van der Waals surface area contributed by atoms with Crippen molar-refractivity contribution >= 4 is 52.5 Å². The van der Waals surface area contributed by atoms with Gasteiger partial charge in [0.2, 0.25) is 29.5 Å². The molecule has 3 aliphatic rings. The molecule has 6 N–H and O–H groups in total. The fourth-order valence-corrected chi connectivity index (χ4v) is 8.81. The van der Waals surface area contributed by atoms with Gasteiger partial charge in [-0.3, -0.25) is 24.0 Å². The minimum absolute atomic E-state index is 0.0322. The van der Waals surface area contributed by atoms with Crippen molar-refractivity contribution in [3.8, 4) is 11.1 Å². The molecular formula is C48H49N5O7S. The fraction of sp³-hybridized carbons (Fsp3) is 0.292. The van der Waals surface area contributed by atoms with Crippen LogP contribution in [-0.2, 0) is 54.5 Å². The quantitative estimate of drug-likeness (QED) is 0.112. The SMILES string of the molecule is O=C(O)[C@@H]1Cc2ccc(cc2)NC(=O)[C@@H]2CCCC[C@H]2C(=O)N[C@H](Cc2cccs2)C(=O)N[C@@H](Cc2ccc(-c3ccccc3)cc2)C(=O)N[C@H](Cc2ccccc2)C(=O)N1. The number of hydrogen-bond acceptors (Lipinski definition) is 7. The Labute approximate surface area is 358 Å². The average molecular weight is 840 g/mol. The zero-order chi connectivity index (χ0) is 42.7. The van der Waals surface area contributed by atoms with Crippen LogP contribution in [-0.4, -0.2) is 64.8 Å². The molecule has 13 heteroatoms. The molecule has 0 unspecified atom stereocenters. The molecule has 1 aliphatic carbocycles. The van der Waals surface area contributed by atoms with E-state index >= 15 is 0 Å². The van der Waals surface area contributed by atoms with Crippen LogP contribution in [0.15, 0.2) is 127 Å². The van der Waals surface area contributed by atoms with E-state index in [1.54, 1.807) is 48.5 Å². The highest BCUT2D eigenvalue weighted by Crippen LogP contribution is 2.32. The van der Waals surface area contributed by atoms with Gasteiger partial charge < -0.3 is 31.7 Å². The van der Waals surface area contributed by atoms with E-state index in [1.807, 2.05) is 78.2 Å². The van der Waals surface area contributed by atoms with Crippen LogP contribution in [0.2, 0.25) is 0 Å². The zero-order valence-corrected chi connectivity index (χ0v) is 34.4. The lowest BCUT2D eigenvalue weighted by atomic mass is 9.78. The van der Waals surface area contributed by atoms with Gasteiger partial charge in [0.05, 0.1) is 0 Å². The molecule has 0 radical (unpaired) electrons. The second-order valence-electron chi connectivity index (χ2n) is 15.7. The summed E-state index contributed by atoms with van der Waals surface area (Å²) in [6, 6.07) is 31.9. The first-order chi connectivity index (χ1) is 29.6. The van der Waals surface area contributed by atoms with Crippen molar-refractivity contribution in [2.75, 3.05) is 5.32 Å². The lowest BCUT2D eigenvalue weighted by Crippen LogP contribution is -2.59. The van der Waals surface area contributed by atoms with Gasteiger partial charge in [0, 0.05) is 48.1 Å². The number of thiophene rings is 1. The number of carbonyl (C=O) groups excluding carboxylic acids is 5. The number of amides is 5. The Morgan fingerprint density at radius 1 is 0.541 bits per heavy atom. The summed E-state index contributed by atoms with van der Waals surface area (Å²) < 4.78 is 0. The molecule has 6 atom stereocenters. The first kappa shape index (κ1) is 42.5.